The predicted octanol–water partition coefficient (Wildman–Crippen LogP) is 3.71. The summed E-state index contributed by atoms with van der Waals surface area (Å²) in [6.45, 7) is 9.95. The Hall–Kier alpha value is -0.510. The number of nitrogens with one attached hydrogen (secondary N) is 1. The molecule has 0 radical (unpaired) electrons. The van der Waals surface area contributed by atoms with Gasteiger partial charge in [0.15, 0.2) is 0 Å². The van der Waals surface area contributed by atoms with E-state index < -0.39 is 0 Å². The number of aryl methyl sites for hydroxylation is 2. The fraction of sp³-hybridized carbons (Fsp3) is 0.647. The van der Waals surface area contributed by atoms with Crippen LogP contribution < -0.4 is 5.32 Å². The van der Waals surface area contributed by atoms with Gasteiger partial charge < -0.3 is 10.4 Å². The first-order chi connectivity index (χ1) is 9.56. The first-order valence-electron chi connectivity index (χ1n) is 7.57. The van der Waals surface area contributed by atoms with Crippen LogP contribution in [0.1, 0.15) is 43.0 Å². The van der Waals surface area contributed by atoms with Gasteiger partial charge in [-0.3, -0.25) is 0 Å². The van der Waals surface area contributed by atoms with Crippen LogP contribution in [0.5, 0.6) is 0 Å². The molecule has 0 spiro atoms. The lowest BCUT2D eigenvalue weighted by molar-refractivity contribution is 0.250. The zero-order valence-corrected chi connectivity index (χ0v) is 14.1. The van der Waals surface area contributed by atoms with E-state index in [2.05, 4.69) is 51.2 Å². The maximum atomic E-state index is 9.10. The van der Waals surface area contributed by atoms with Crippen LogP contribution in [0, 0.1) is 19.8 Å². The van der Waals surface area contributed by atoms with Gasteiger partial charge in [-0.05, 0) is 44.0 Å². The van der Waals surface area contributed by atoms with Gasteiger partial charge in [0, 0.05) is 18.4 Å². The fourth-order valence-electron chi connectivity index (χ4n) is 2.24. The van der Waals surface area contributed by atoms with Crippen molar-refractivity contribution in [1.29, 1.82) is 0 Å². The van der Waals surface area contributed by atoms with Gasteiger partial charge in [-0.2, -0.15) is 11.8 Å². The van der Waals surface area contributed by atoms with Crippen molar-refractivity contribution in [1.82, 2.24) is 5.32 Å². The third-order valence-corrected chi connectivity index (χ3v) is 4.66. The van der Waals surface area contributed by atoms with Crippen LogP contribution in [0.3, 0.4) is 0 Å². The highest BCUT2D eigenvalue weighted by molar-refractivity contribution is 7.99. The normalized spacial score (nSPS) is 14.2. The van der Waals surface area contributed by atoms with Crippen molar-refractivity contribution >= 4 is 11.8 Å². The van der Waals surface area contributed by atoms with Crippen molar-refractivity contribution in [2.24, 2.45) is 5.92 Å². The zero-order chi connectivity index (χ0) is 15.0. The number of aliphatic hydroxyl groups excluding tert-OH is 1. The number of benzene rings is 1. The molecule has 3 heteroatoms. The van der Waals surface area contributed by atoms with Crippen LogP contribution in [-0.2, 0) is 0 Å². The monoisotopic (exact) mass is 295 g/mol. The van der Waals surface area contributed by atoms with Gasteiger partial charge >= 0.3 is 0 Å². The quantitative estimate of drug-likeness (QED) is 0.728. The molecule has 0 amide bonds. The molecule has 0 aliphatic carbocycles. The molecular weight excluding hydrogens is 266 g/mol. The summed E-state index contributed by atoms with van der Waals surface area (Å²) >= 11 is 1.93. The van der Waals surface area contributed by atoms with Crippen molar-refractivity contribution in [3.8, 4) is 0 Å². The number of hydrogen-bond donors (Lipinski definition) is 2. The average molecular weight is 295 g/mol. The van der Waals surface area contributed by atoms with Crippen LogP contribution in [-0.4, -0.2) is 29.8 Å². The Morgan fingerprint density at radius 1 is 1.15 bits per heavy atom. The van der Waals surface area contributed by atoms with Crippen LogP contribution in [0.25, 0.3) is 0 Å². The Kier molecular flexibility index (Phi) is 8.27. The summed E-state index contributed by atoms with van der Waals surface area (Å²) < 4.78 is 0. The lowest BCUT2D eigenvalue weighted by atomic mass is 10.0. The number of rotatable bonds is 9. The largest absolute Gasteiger partial charge is 0.396 e. The molecule has 0 aliphatic heterocycles. The highest BCUT2D eigenvalue weighted by Crippen LogP contribution is 2.22. The van der Waals surface area contributed by atoms with E-state index >= 15 is 0 Å². The minimum absolute atomic E-state index is 0.281. The standard InChI is InChI=1S/C17H29NOS/c1-5-6-18-17(12-20-11-15(4)10-19)16-8-13(2)7-14(3)9-16/h7-9,15,17-19H,5-6,10-12H2,1-4H3. The van der Waals surface area contributed by atoms with Crippen molar-refractivity contribution in [2.75, 3.05) is 24.7 Å². The average Bonchev–Trinajstić information content (AvgIpc) is 2.41. The lowest BCUT2D eigenvalue weighted by Gasteiger charge is -2.20. The molecule has 0 aromatic heterocycles. The molecule has 20 heavy (non-hydrogen) atoms. The van der Waals surface area contributed by atoms with Gasteiger partial charge in [-0.1, -0.05) is 43.2 Å². The Bertz CT molecular complexity index is 374. The number of aliphatic hydroxyl groups is 1. The van der Waals surface area contributed by atoms with E-state index in [9.17, 15) is 0 Å². The smallest absolute Gasteiger partial charge is 0.0464 e. The van der Waals surface area contributed by atoms with Crippen molar-refractivity contribution in [3.63, 3.8) is 0 Å². The van der Waals surface area contributed by atoms with Gasteiger partial charge in [0.1, 0.15) is 0 Å². The number of hydrogen-bond acceptors (Lipinski definition) is 3. The van der Waals surface area contributed by atoms with E-state index in [1.807, 2.05) is 11.8 Å². The molecule has 1 aromatic carbocycles. The number of thioether (sulfide) groups is 1. The second kappa shape index (κ2) is 9.43. The van der Waals surface area contributed by atoms with Crippen molar-refractivity contribution in [2.45, 2.75) is 40.2 Å². The molecule has 0 heterocycles. The molecule has 1 aromatic rings. The Morgan fingerprint density at radius 3 is 2.35 bits per heavy atom. The van der Waals surface area contributed by atoms with Crippen LogP contribution >= 0.6 is 11.8 Å². The van der Waals surface area contributed by atoms with E-state index in [4.69, 9.17) is 5.11 Å². The molecule has 0 fully saturated rings. The highest BCUT2D eigenvalue weighted by atomic mass is 32.2. The van der Waals surface area contributed by atoms with E-state index in [1.54, 1.807) is 0 Å². The fourth-order valence-corrected chi connectivity index (χ4v) is 3.43. The third kappa shape index (κ3) is 6.29. The van der Waals surface area contributed by atoms with Gasteiger partial charge in [0.25, 0.3) is 0 Å². The third-order valence-electron chi connectivity index (χ3n) is 3.29. The Morgan fingerprint density at radius 2 is 1.80 bits per heavy atom. The summed E-state index contributed by atoms with van der Waals surface area (Å²) in [6, 6.07) is 7.21. The van der Waals surface area contributed by atoms with Crippen molar-refractivity contribution in [3.05, 3.63) is 34.9 Å². The van der Waals surface area contributed by atoms with Gasteiger partial charge in [-0.15, -0.1) is 0 Å². The topological polar surface area (TPSA) is 32.3 Å². The first kappa shape index (κ1) is 17.5. The maximum absolute atomic E-state index is 9.10. The second-order valence-electron chi connectivity index (χ2n) is 5.75. The van der Waals surface area contributed by atoms with Crippen LogP contribution in [0.15, 0.2) is 18.2 Å². The summed E-state index contributed by atoms with van der Waals surface area (Å²) in [4.78, 5) is 0. The maximum Gasteiger partial charge on any atom is 0.0464 e. The summed E-state index contributed by atoms with van der Waals surface area (Å²) in [5.41, 5.74) is 4.05. The van der Waals surface area contributed by atoms with E-state index in [-0.39, 0.29) is 6.61 Å². The molecule has 0 saturated carbocycles. The summed E-state index contributed by atoms with van der Waals surface area (Å²) in [5.74, 6) is 2.46. The molecule has 1 rings (SSSR count). The predicted molar refractivity (Wildman–Crippen MR) is 90.5 cm³/mol. The molecule has 114 valence electrons. The summed E-state index contributed by atoms with van der Waals surface area (Å²) in [6.07, 6.45) is 1.15. The van der Waals surface area contributed by atoms with E-state index in [0.717, 1.165) is 24.5 Å². The first-order valence-corrected chi connectivity index (χ1v) is 8.72. The van der Waals surface area contributed by atoms with Crippen molar-refractivity contribution < 1.29 is 5.11 Å². The van der Waals surface area contributed by atoms with Crippen LogP contribution in [0.4, 0.5) is 0 Å². The molecule has 2 atom stereocenters. The Labute approximate surface area is 128 Å². The minimum atomic E-state index is 0.281. The van der Waals surface area contributed by atoms with E-state index in [1.165, 1.54) is 16.7 Å². The van der Waals surface area contributed by atoms with E-state index in [0.29, 0.717) is 12.0 Å². The second-order valence-corrected chi connectivity index (χ2v) is 6.83. The summed E-state index contributed by atoms with van der Waals surface area (Å²) in [7, 11) is 0. The molecular formula is C17H29NOS. The molecule has 0 bridgehead atoms. The zero-order valence-electron chi connectivity index (χ0n) is 13.3. The molecule has 2 nitrogen and oxygen atoms in total. The highest BCUT2D eigenvalue weighted by Gasteiger charge is 2.12. The SMILES string of the molecule is CCCNC(CSCC(C)CO)c1cc(C)cc(C)c1. The summed E-state index contributed by atoms with van der Waals surface area (Å²) in [5, 5.41) is 12.8. The molecule has 2 N–H and O–H groups in total. The minimum Gasteiger partial charge on any atom is -0.396 e. The van der Waals surface area contributed by atoms with Gasteiger partial charge in [-0.25, -0.2) is 0 Å². The lowest BCUT2D eigenvalue weighted by Crippen LogP contribution is -2.24. The molecule has 0 aliphatic rings. The molecule has 0 saturated heterocycles. The van der Waals surface area contributed by atoms with Gasteiger partial charge in [0.2, 0.25) is 0 Å². The van der Waals surface area contributed by atoms with Gasteiger partial charge in [0.05, 0.1) is 0 Å². The molecule has 2 unspecified atom stereocenters. The van der Waals surface area contributed by atoms with Crippen LogP contribution in [0.2, 0.25) is 0 Å². The Balaban J connectivity index is 2.67.